The zero-order chi connectivity index (χ0) is 16.4. The molecule has 6 heteroatoms. The normalized spacial score (nSPS) is 16.0. The predicted octanol–water partition coefficient (Wildman–Crippen LogP) is 4.13. The van der Waals surface area contributed by atoms with E-state index in [1.54, 1.807) is 6.92 Å². The third-order valence-corrected chi connectivity index (χ3v) is 4.52. The highest BCUT2D eigenvalue weighted by atomic mass is 16.5. The summed E-state index contributed by atoms with van der Waals surface area (Å²) in [6.07, 6.45) is 6.24. The zero-order valence-electron chi connectivity index (χ0n) is 14.0. The van der Waals surface area contributed by atoms with Crippen molar-refractivity contribution in [2.75, 3.05) is 5.32 Å². The van der Waals surface area contributed by atoms with Gasteiger partial charge in [-0.25, -0.2) is 0 Å². The maximum atomic E-state index is 12.5. The number of anilines is 1. The molecule has 0 unspecified atom stereocenters. The van der Waals surface area contributed by atoms with E-state index in [-0.39, 0.29) is 11.8 Å². The van der Waals surface area contributed by atoms with E-state index in [1.807, 2.05) is 19.9 Å². The largest absolute Gasteiger partial charge is 0.360 e. The summed E-state index contributed by atoms with van der Waals surface area (Å²) >= 11 is 0. The number of carbonyl (C=O) groups excluding carboxylic acids is 1. The first-order valence-electron chi connectivity index (χ1n) is 8.39. The molecule has 2 heterocycles. The summed E-state index contributed by atoms with van der Waals surface area (Å²) in [5.74, 6) is 1.60. The van der Waals surface area contributed by atoms with Gasteiger partial charge in [-0.3, -0.25) is 9.89 Å². The number of aromatic nitrogens is 3. The van der Waals surface area contributed by atoms with Gasteiger partial charge < -0.3 is 9.84 Å². The van der Waals surface area contributed by atoms with Crippen LogP contribution in [0.2, 0.25) is 0 Å². The van der Waals surface area contributed by atoms with Gasteiger partial charge in [0.25, 0.3) is 5.91 Å². The molecule has 1 amide bonds. The first-order valence-corrected chi connectivity index (χ1v) is 8.39. The minimum absolute atomic E-state index is 0.105. The molecular formula is C17H24N4O2. The lowest BCUT2D eigenvalue weighted by Crippen LogP contribution is -2.15. The number of H-pyrrole nitrogens is 1. The van der Waals surface area contributed by atoms with Crippen molar-refractivity contribution < 1.29 is 9.32 Å². The highest BCUT2D eigenvalue weighted by Crippen LogP contribution is 2.32. The lowest BCUT2D eigenvalue weighted by molar-refractivity contribution is 0.102. The Morgan fingerprint density at radius 3 is 2.78 bits per heavy atom. The van der Waals surface area contributed by atoms with Crippen molar-refractivity contribution in [3.63, 3.8) is 0 Å². The summed E-state index contributed by atoms with van der Waals surface area (Å²) in [7, 11) is 0. The van der Waals surface area contributed by atoms with Crippen molar-refractivity contribution in [1.82, 2.24) is 15.4 Å². The molecule has 0 aromatic carbocycles. The van der Waals surface area contributed by atoms with Gasteiger partial charge in [0, 0.05) is 23.6 Å². The average Bonchev–Trinajstić information content (AvgIpc) is 3.15. The van der Waals surface area contributed by atoms with E-state index in [0.717, 1.165) is 5.69 Å². The number of amides is 1. The molecule has 0 bridgehead atoms. The van der Waals surface area contributed by atoms with E-state index in [2.05, 4.69) is 20.7 Å². The topological polar surface area (TPSA) is 83.8 Å². The molecule has 0 aliphatic heterocycles. The van der Waals surface area contributed by atoms with Crippen LogP contribution < -0.4 is 5.32 Å². The first-order chi connectivity index (χ1) is 11.1. The van der Waals surface area contributed by atoms with Crippen molar-refractivity contribution in [2.24, 2.45) is 0 Å². The molecule has 1 saturated carbocycles. The van der Waals surface area contributed by atoms with Crippen molar-refractivity contribution in [1.29, 1.82) is 0 Å². The quantitative estimate of drug-likeness (QED) is 0.888. The maximum absolute atomic E-state index is 12.5. The van der Waals surface area contributed by atoms with Gasteiger partial charge in [0.2, 0.25) is 0 Å². The highest BCUT2D eigenvalue weighted by molar-refractivity contribution is 6.05. The Hall–Kier alpha value is -2.11. The minimum atomic E-state index is -0.214. The van der Waals surface area contributed by atoms with E-state index >= 15 is 0 Å². The van der Waals surface area contributed by atoms with Crippen LogP contribution in [0.4, 0.5) is 5.82 Å². The summed E-state index contributed by atoms with van der Waals surface area (Å²) in [5.41, 5.74) is 2.24. The highest BCUT2D eigenvalue weighted by Gasteiger charge is 2.24. The fourth-order valence-electron chi connectivity index (χ4n) is 3.26. The van der Waals surface area contributed by atoms with Gasteiger partial charge in [0.15, 0.2) is 11.6 Å². The first kappa shape index (κ1) is 15.8. The van der Waals surface area contributed by atoms with Crippen LogP contribution >= 0.6 is 0 Å². The van der Waals surface area contributed by atoms with Crippen molar-refractivity contribution >= 4 is 11.7 Å². The maximum Gasteiger partial charge on any atom is 0.262 e. The summed E-state index contributed by atoms with van der Waals surface area (Å²) in [5, 5.41) is 14.1. The molecule has 1 aliphatic rings. The smallest absolute Gasteiger partial charge is 0.262 e. The minimum Gasteiger partial charge on any atom is -0.360 e. The SMILES string of the molecule is Cc1noc(C(C)C)c1C(=O)Nc1cc(C2CCCCC2)[nH]n1. The number of nitrogens with one attached hydrogen (secondary N) is 2. The van der Waals surface area contributed by atoms with Crippen LogP contribution in [0, 0.1) is 6.92 Å². The van der Waals surface area contributed by atoms with Crippen LogP contribution in [-0.2, 0) is 0 Å². The second kappa shape index (κ2) is 6.56. The number of aryl methyl sites for hydroxylation is 1. The molecule has 0 spiro atoms. The van der Waals surface area contributed by atoms with E-state index < -0.39 is 0 Å². The van der Waals surface area contributed by atoms with Crippen molar-refractivity contribution in [3.8, 4) is 0 Å². The average molecular weight is 316 g/mol. The molecule has 23 heavy (non-hydrogen) atoms. The zero-order valence-corrected chi connectivity index (χ0v) is 14.0. The van der Waals surface area contributed by atoms with Crippen molar-refractivity contribution in [2.45, 2.75) is 64.7 Å². The molecule has 0 atom stereocenters. The summed E-state index contributed by atoms with van der Waals surface area (Å²) < 4.78 is 5.28. The van der Waals surface area contributed by atoms with Gasteiger partial charge >= 0.3 is 0 Å². The Morgan fingerprint density at radius 1 is 1.35 bits per heavy atom. The molecule has 0 radical (unpaired) electrons. The fourth-order valence-corrected chi connectivity index (χ4v) is 3.26. The van der Waals surface area contributed by atoms with Crippen LogP contribution in [0.15, 0.2) is 10.6 Å². The number of nitrogens with zero attached hydrogens (tertiary/aromatic N) is 2. The van der Waals surface area contributed by atoms with Crippen LogP contribution in [0.25, 0.3) is 0 Å². The monoisotopic (exact) mass is 316 g/mol. The van der Waals surface area contributed by atoms with Gasteiger partial charge in [-0.1, -0.05) is 38.3 Å². The van der Waals surface area contributed by atoms with Crippen molar-refractivity contribution in [3.05, 3.63) is 28.8 Å². The second-order valence-electron chi connectivity index (χ2n) is 6.66. The summed E-state index contributed by atoms with van der Waals surface area (Å²) in [6, 6.07) is 1.95. The standard InChI is InChI=1S/C17H24N4O2/c1-10(2)16-15(11(3)21-23-16)17(22)18-14-9-13(19-20-14)12-7-5-4-6-8-12/h9-10,12H,4-8H2,1-3H3,(H2,18,19,20,22). The molecular weight excluding hydrogens is 292 g/mol. The van der Waals surface area contributed by atoms with Gasteiger partial charge in [-0.05, 0) is 19.8 Å². The Morgan fingerprint density at radius 2 is 2.09 bits per heavy atom. The third kappa shape index (κ3) is 3.30. The van der Waals surface area contributed by atoms with Crippen LogP contribution in [-0.4, -0.2) is 21.3 Å². The summed E-state index contributed by atoms with van der Waals surface area (Å²) in [6.45, 7) is 5.74. The van der Waals surface area contributed by atoms with E-state index in [1.165, 1.54) is 32.1 Å². The van der Waals surface area contributed by atoms with E-state index in [9.17, 15) is 4.79 Å². The third-order valence-electron chi connectivity index (χ3n) is 4.52. The number of hydrogen-bond donors (Lipinski definition) is 2. The molecule has 0 saturated heterocycles. The predicted molar refractivity (Wildman–Crippen MR) is 87.7 cm³/mol. The van der Waals surface area contributed by atoms with Crippen LogP contribution in [0.1, 0.15) is 85.3 Å². The Kier molecular flexibility index (Phi) is 4.50. The lowest BCUT2D eigenvalue weighted by atomic mass is 9.87. The molecule has 3 rings (SSSR count). The molecule has 124 valence electrons. The Balaban J connectivity index is 1.73. The fraction of sp³-hybridized carbons (Fsp3) is 0.588. The second-order valence-corrected chi connectivity index (χ2v) is 6.66. The molecule has 1 fully saturated rings. The van der Waals surface area contributed by atoms with E-state index in [0.29, 0.717) is 28.8 Å². The van der Waals surface area contributed by atoms with Gasteiger partial charge in [0.05, 0.1) is 5.69 Å². The van der Waals surface area contributed by atoms with E-state index in [4.69, 9.17) is 4.52 Å². The van der Waals surface area contributed by atoms with Gasteiger partial charge in [-0.15, -0.1) is 0 Å². The Labute approximate surface area is 136 Å². The Bertz CT molecular complexity index is 681. The molecule has 2 aromatic rings. The van der Waals surface area contributed by atoms with Gasteiger partial charge in [0.1, 0.15) is 5.56 Å². The number of rotatable bonds is 4. The molecule has 6 nitrogen and oxygen atoms in total. The number of hydrogen-bond acceptors (Lipinski definition) is 4. The molecule has 1 aliphatic carbocycles. The summed E-state index contributed by atoms with van der Waals surface area (Å²) in [4.78, 5) is 12.5. The van der Waals surface area contributed by atoms with Crippen LogP contribution in [0.5, 0.6) is 0 Å². The number of carbonyl (C=O) groups is 1. The van der Waals surface area contributed by atoms with Crippen LogP contribution in [0.3, 0.4) is 0 Å². The molecule has 2 aromatic heterocycles. The number of aromatic amines is 1. The van der Waals surface area contributed by atoms with Gasteiger partial charge in [-0.2, -0.15) is 5.10 Å². The molecule has 2 N–H and O–H groups in total. The lowest BCUT2D eigenvalue weighted by Gasteiger charge is -2.19.